The van der Waals surface area contributed by atoms with E-state index in [4.69, 9.17) is 5.73 Å². The lowest BCUT2D eigenvalue weighted by Crippen LogP contribution is -2.34. The highest BCUT2D eigenvalue weighted by atomic mass is 127. The lowest BCUT2D eigenvalue weighted by atomic mass is 9.93. The molecule has 0 unspecified atom stereocenters. The van der Waals surface area contributed by atoms with Gasteiger partial charge in [-0.15, -0.1) is 0 Å². The first-order valence-corrected chi connectivity index (χ1v) is 6.82. The Bertz CT molecular complexity index is 375. The highest BCUT2D eigenvalue weighted by molar-refractivity contribution is 14.1. The molecule has 3 nitrogen and oxygen atoms in total. The average Bonchev–Trinajstić information content (AvgIpc) is 2.14. The van der Waals surface area contributed by atoms with Gasteiger partial charge in [-0.1, -0.05) is 13.8 Å². The van der Waals surface area contributed by atoms with Crippen molar-refractivity contribution in [1.29, 1.82) is 0 Å². The summed E-state index contributed by atoms with van der Waals surface area (Å²) in [6.07, 6.45) is 0. The normalized spacial score (nSPS) is 11.9. The van der Waals surface area contributed by atoms with Crippen LogP contribution in [0.25, 0.3) is 0 Å². The van der Waals surface area contributed by atoms with Crippen molar-refractivity contribution in [3.05, 3.63) is 21.8 Å². The van der Waals surface area contributed by atoms with Crippen molar-refractivity contribution in [2.45, 2.75) is 13.8 Å². The van der Waals surface area contributed by atoms with Gasteiger partial charge in [-0.3, -0.25) is 0 Å². The fourth-order valence-electron chi connectivity index (χ4n) is 1.94. The fraction of sp³-hybridized carbons (Fsp3) is 0.538. The van der Waals surface area contributed by atoms with E-state index in [1.54, 1.807) is 0 Å². The lowest BCUT2D eigenvalue weighted by Gasteiger charge is -2.29. The first kappa shape index (κ1) is 14.6. The molecule has 0 radical (unpaired) electrons. The molecule has 0 amide bonds. The molecule has 0 aromatic heterocycles. The summed E-state index contributed by atoms with van der Waals surface area (Å²) in [6, 6.07) is 6.10. The van der Waals surface area contributed by atoms with Gasteiger partial charge in [-0.25, -0.2) is 0 Å². The van der Waals surface area contributed by atoms with Crippen LogP contribution in [0.15, 0.2) is 18.2 Å². The van der Waals surface area contributed by atoms with E-state index in [1.165, 1.54) is 3.57 Å². The summed E-state index contributed by atoms with van der Waals surface area (Å²) in [4.78, 5) is 2.21. The molecule has 0 atom stereocenters. The molecule has 1 aromatic carbocycles. The Hall–Kier alpha value is -0.490. The van der Waals surface area contributed by atoms with E-state index in [0.717, 1.165) is 24.5 Å². The third kappa shape index (κ3) is 5.12. The van der Waals surface area contributed by atoms with Crippen molar-refractivity contribution in [3.8, 4) is 0 Å². The quantitative estimate of drug-likeness (QED) is 0.636. The smallest absolute Gasteiger partial charge is 0.0574 e. The zero-order valence-electron chi connectivity index (χ0n) is 11.0. The fourth-order valence-corrected chi connectivity index (χ4v) is 2.46. The van der Waals surface area contributed by atoms with Crippen molar-refractivity contribution >= 4 is 34.0 Å². The number of nitrogen functional groups attached to an aromatic ring is 1. The molecule has 96 valence electrons. The standard InChI is InChI=1S/C13H22IN3/c1-13(2,9-17(3)4)8-16-12-6-5-10(14)7-11(12)15/h5-7,16H,8-9,15H2,1-4H3. The average molecular weight is 347 g/mol. The summed E-state index contributed by atoms with van der Waals surface area (Å²) in [5.41, 5.74) is 8.04. The van der Waals surface area contributed by atoms with Gasteiger partial charge in [-0.2, -0.15) is 0 Å². The molecule has 0 aliphatic rings. The monoisotopic (exact) mass is 347 g/mol. The van der Waals surface area contributed by atoms with Crippen LogP contribution in [0.5, 0.6) is 0 Å². The maximum absolute atomic E-state index is 5.97. The Morgan fingerprint density at radius 3 is 2.53 bits per heavy atom. The zero-order chi connectivity index (χ0) is 13.1. The number of anilines is 2. The number of hydrogen-bond donors (Lipinski definition) is 2. The molecule has 0 aliphatic carbocycles. The molecule has 1 rings (SSSR count). The molecule has 0 fully saturated rings. The largest absolute Gasteiger partial charge is 0.397 e. The van der Waals surface area contributed by atoms with Crippen molar-refractivity contribution in [2.75, 3.05) is 38.2 Å². The summed E-state index contributed by atoms with van der Waals surface area (Å²) < 4.78 is 1.17. The van der Waals surface area contributed by atoms with E-state index >= 15 is 0 Å². The minimum atomic E-state index is 0.221. The maximum Gasteiger partial charge on any atom is 0.0574 e. The highest BCUT2D eigenvalue weighted by Gasteiger charge is 2.18. The van der Waals surface area contributed by atoms with Gasteiger partial charge in [0.2, 0.25) is 0 Å². The molecule has 0 aliphatic heterocycles. The molecule has 0 saturated heterocycles. The molecule has 0 spiro atoms. The molecular weight excluding hydrogens is 325 g/mol. The second kappa shape index (κ2) is 5.91. The van der Waals surface area contributed by atoms with Crippen LogP contribution in [-0.2, 0) is 0 Å². The number of nitrogens with zero attached hydrogens (tertiary/aromatic N) is 1. The minimum Gasteiger partial charge on any atom is -0.397 e. The van der Waals surface area contributed by atoms with Crippen LogP contribution in [0.2, 0.25) is 0 Å². The van der Waals surface area contributed by atoms with Crippen LogP contribution >= 0.6 is 22.6 Å². The summed E-state index contributed by atoms with van der Waals surface area (Å²) in [6.45, 7) is 6.46. The number of benzene rings is 1. The number of halogens is 1. The van der Waals surface area contributed by atoms with Crippen LogP contribution in [0.4, 0.5) is 11.4 Å². The number of nitrogens with one attached hydrogen (secondary N) is 1. The second-order valence-electron chi connectivity index (χ2n) is 5.49. The molecule has 0 heterocycles. The molecule has 17 heavy (non-hydrogen) atoms. The second-order valence-corrected chi connectivity index (χ2v) is 6.73. The van der Waals surface area contributed by atoms with Gasteiger partial charge < -0.3 is 16.0 Å². The van der Waals surface area contributed by atoms with E-state index in [9.17, 15) is 0 Å². The first-order valence-electron chi connectivity index (χ1n) is 5.74. The molecule has 4 heteroatoms. The SMILES string of the molecule is CN(C)CC(C)(C)CNc1ccc(I)cc1N. The van der Waals surface area contributed by atoms with E-state index in [0.29, 0.717) is 0 Å². The Labute approximate surface area is 118 Å². The van der Waals surface area contributed by atoms with Gasteiger partial charge in [0, 0.05) is 16.7 Å². The van der Waals surface area contributed by atoms with Crippen LogP contribution in [0.1, 0.15) is 13.8 Å². The third-order valence-corrected chi connectivity index (χ3v) is 3.19. The van der Waals surface area contributed by atoms with Crippen molar-refractivity contribution in [2.24, 2.45) is 5.41 Å². The lowest BCUT2D eigenvalue weighted by molar-refractivity contribution is 0.254. The number of nitrogens with two attached hydrogens (primary N) is 1. The summed E-state index contributed by atoms with van der Waals surface area (Å²) in [5.74, 6) is 0. The summed E-state index contributed by atoms with van der Waals surface area (Å²) >= 11 is 2.27. The van der Waals surface area contributed by atoms with Crippen LogP contribution in [0.3, 0.4) is 0 Å². The van der Waals surface area contributed by atoms with Crippen LogP contribution in [0, 0.1) is 8.99 Å². The predicted octanol–water partition coefficient (Wildman–Crippen LogP) is 2.87. The van der Waals surface area contributed by atoms with E-state index < -0.39 is 0 Å². The van der Waals surface area contributed by atoms with Crippen molar-refractivity contribution < 1.29 is 0 Å². The summed E-state index contributed by atoms with van der Waals surface area (Å²) in [7, 11) is 4.20. The minimum absolute atomic E-state index is 0.221. The number of hydrogen-bond acceptors (Lipinski definition) is 3. The van der Waals surface area contributed by atoms with Gasteiger partial charge in [0.1, 0.15) is 0 Å². The van der Waals surface area contributed by atoms with Gasteiger partial charge >= 0.3 is 0 Å². The Kier molecular flexibility index (Phi) is 5.06. The van der Waals surface area contributed by atoms with Crippen molar-refractivity contribution in [3.63, 3.8) is 0 Å². The first-order chi connectivity index (χ1) is 7.80. The molecule has 0 bridgehead atoms. The highest BCUT2D eigenvalue weighted by Crippen LogP contribution is 2.23. The van der Waals surface area contributed by atoms with Gasteiger partial charge in [0.05, 0.1) is 11.4 Å². The maximum atomic E-state index is 5.97. The van der Waals surface area contributed by atoms with E-state index in [2.05, 4.69) is 66.8 Å². The zero-order valence-corrected chi connectivity index (χ0v) is 13.2. The number of rotatable bonds is 5. The van der Waals surface area contributed by atoms with Crippen LogP contribution in [-0.4, -0.2) is 32.1 Å². The Morgan fingerprint density at radius 1 is 1.35 bits per heavy atom. The van der Waals surface area contributed by atoms with Gasteiger partial charge in [-0.05, 0) is 60.3 Å². The topological polar surface area (TPSA) is 41.3 Å². The molecular formula is C13H22IN3. The molecule has 0 saturated carbocycles. The Balaban J connectivity index is 2.61. The Morgan fingerprint density at radius 2 is 2.00 bits per heavy atom. The molecule has 3 N–H and O–H groups in total. The van der Waals surface area contributed by atoms with Gasteiger partial charge in [0.15, 0.2) is 0 Å². The predicted molar refractivity (Wildman–Crippen MR) is 84.4 cm³/mol. The third-order valence-electron chi connectivity index (χ3n) is 2.52. The van der Waals surface area contributed by atoms with Crippen LogP contribution < -0.4 is 11.1 Å². The molecule has 1 aromatic rings. The summed E-state index contributed by atoms with van der Waals surface area (Å²) in [5, 5.41) is 3.43. The van der Waals surface area contributed by atoms with Gasteiger partial charge in [0.25, 0.3) is 0 Å². The van der Waals surface area contributed by atoms with Crippen molar-refractivity contribution in [1.82, 2.24) is 4.90 Å². The van der Waals surface area contributed by atoms with E-state index in [1.807, 2.05) is 12.1 Å². The van der Waals surface area contributed by atoms with E-state index in [-0.39, 0.29) is 5.41 Å².